The lowest BCUT2D eigenvalue weighted by Crippen LogP contribution is -2.54. The molecule has 2 heterocycles. The maximum absolute atomic E-state index is 14.2. The molecule has 1 aromatic heterocycles. The highest BCUT2D eigenvalue weighted by Gasteiger charge is 2.36. The van der Waals surface area contributed by atoms with E-state index < -0.39 is 29.9 Å². The van der Waals surface area contributed by atoms with Crippen molar-refractivity contribution in [1.29, 1.82) is 0 Å². The summed E-state index contributed by atoms with van der Waals surface area (Å²) < 4.78 is 10.7. The molecule has 13 heteroatoms. The number of hydrogen-bond acceptors (Lipinski definition) is 10. The van der Waals surface area contributed by atoms with E-state index in [0.29, 0.717) is 36.7 Å². The quantitative estimate of drug-likeness (QED) is 0.147. The number of likely N-dealkylation sites (N-methyl/N-ethyl adjacent to an activating group) is 1. The third kappa shape index (κ3) is 13.5. The number of methoxy groups -OCH3 is 1. The fraction of sp³-hybridized carbons (Fsp3) is 0.659. The summed E-state index contributed by atoms with van der Waals surface area (Å²) in [5.41, 5.74) is 1.18. The van der Waals surface area contributed by atoms with E-state index in [4.69, 9.17) is 9.47 Å². The number of carbonyl (C=O) groups is 5. The van der Waals surface area contributed by atoms with E-state index in [1.807, 2.05) is 58.0 Å². The van der Waals surface area contributed by atoms with Crippen LogP contribution in [-0.4, -0.2) is 96.4 Å². The number of thiazole rings is 1. The normalized spacial score (nSPS) is 17.9. The van der Waals surface area contributed by atoms with Gasteiger partial charge in [0.05, 0.1) is 13.0 Å². The first kappa shape index (κ1) is 44.6. The van der Waals surface area contributed by atoms with Crippen LogP contribution in [0.2, 0.25) is 0 Å². The van der Waals surface area contributed by atoms with Crippen molar-refractivity contribution in [1.82, 2.24) is 25.4 Å². The molecule has 0 spiro atoms. The Morgan fingerprint density at radius 2 is 1.76 bits per heavy atom. The van der Waals surface area contributed by atoms with E-state index in [1.165, 1.54) is 31.8 Å². The molecule has 300 valence electrons. The van der Waals surface area contributed by atoms with E-state index in [1.54, 1.807) is 24.3 Å². The van der Waals surface area contributed by atoms with Crippen molar-refractivity contribution in [2.75, 3.05) is 27.7 Å². The van der Waals surface area contributed by atoms with Gasteiger partial charge in [0.25, 0.3) is 5.91 Å². The molecule has 0 aliphatic carbocycles. The summed E-state index contributed by atoms with van der Waals surface area (Å²) in [5.74, 6) is -2.16. The predicted octanol–water partition coefficient (Wildman–Crippen LogP) is 5.96. The Bertz CT molecular complexity index is 1520. The van der Waals surface area contributed by atoms with Crippen LogP contribution in [-0.2, 0) is 35.1 Å². The van der Waals surface area contributed by atoms with E-state index >= 15 is 0 Å². The number of esters is 2. The van der Waals surface area contributed by atoms with Crippen LogP contribution in [0.3, 0.4) is 0 Å². The van der Waals surface area contributed by atoms with E-state index in [2.05, 4.69) is 27.6 Å². The minimum Gasteiger partial charge on any atom is -0.469 e. The van der Waals surface area contributed by atoms with Crippen molar-refractivity contribution >= 4 is 41.0 Å². The third-order valence-corrected chi connectivity index (χ3v) is 11.7. The molecule has 3 rings (SSSR count). The molecule has 1 aliphatic heterocycles. The summed E-state index contributed by atoms with van der Waals surface area (Å²) in [6.07, 6.45) is 5.45. The molecule has 3 amide bonds. The van der Waals surface area contributed by atoms with E-state index in [0.717, 1.165) is 31.4 Å². The highest BCUT2D eigenvalue weighted by Crippen LogP contribution is 2.31. The second-order valence-corrected chi connectivity index (χ2v) is 16.2. The second kappa shape index (κ2) is 21.9. The number of rotatable bonds is 21. The molecular weight excluding hydrogens is 707 g/mol. The number of nitrogens with zero attached hydrogens (tertiary/aromatic N) is 3. The van der Waals surface area contributed by atoms with Gasteiger partial charge in [0.1, 0.15) is 16.7 Å². The van der Waals surface area contributed by atoms with Crippen LogP contribution < -0.4 is 10.6 Å². The molecule has 2 N–H and O–H groups in total. The number of carbonyl (C=O) groups excluding carboxylic acids is 5. The summed E-state index contributed by atoms with van der Waals surface area (Å²) in [6, 6.07) is 8.76. The third-order valence-electron chi connectivity index (χ3n) is 10.7. The predicted molar refractivity (Wildman–Crippen MR) is 211 cm³/mol. The Hall–Kier alpha value is -3.84. The molecule has 7 atom stereocenters. The lowest BCUT2D eigenvalue weighted by Gasteiger charge is -2.37. The number of likely N-dealkylation sites (tertiary alicyclic amines) is 1. The molecule has 0 saturated carbocycles. The number of aromatic nitrogens is 1. The molecule has 1 fully saturated rings. The average molecular weight is 770 g/mol. The number of benzene rings is 1. The van der Waals surface area contributed by atoms with Gasteiger partial charge in [-0.15, -0.1) is 11.3 Å². The van der Waals surface area contributed by atoms with Gasteiger partial charge in [-0.2, -0.15) is 0 Å². The van der Waals surface area contributed by atoms with Crippen molar-refractivity contribution in [2.24, 2.45) is 17.8 Å². The van der Waals surface area contributed by atoms with Gasteiger partial charge in [0.15, 0.2) is 6.10 Å². The van der Waals surface area contributed by atoms with Crippen LogP contribution in [0.25, 0.3) is 0 Å². The molecule has 12 nitrogen and oxygen atoms in total. The topological polar surface area (TPSA) is 147 Å². The Morgan fingerprint density at radius 3 is 2.35 bits per heavy atom. The molecule has 0 radical (unpaired) electrons. The van der Waals surface area contributed by atoms with Crippen LogP contribution in [0.4, 0.5) is 0 Å². The van der Waals surface area contributed by atoms with Crippen LogP contribution in [0.15, 0.2) is 35.7 Å². The maximum Gasteiger partial charge on any atom is 0.308 e. The Kier molecular flexibility index (Phi) is 18.1. The van der Waals surface area contributed by atoms with Crippen molar-refractivity contribution in [2.45, 2.75) is 130 Å². The van der Waals surface area contributed by atoms with Crippen LogP contribution in [0.5, 0.6) is 0 Å². The van der Waals surface area contributed by atoms with Crippen LogP contribution in [0.1, 0.15) is 120 Å². The van der Waals surface area contributed by atoms with Gasteiger partial charge in [0, 0.05) is 50.3 Å². The largest absolute Gasteiger partial charge is 0.469 e. The Balaban J connectivity index is 1.75. The second-order valence-electron chi connectivity index (χ2n) is 15.3. The van der Waals surface area contributed by atoms with Crippen molar-refractivity contribution in [3.05, 3.63) is 52.0 Å². The number of hydrogen-bond donors (Lipinski definition) is 2. The lowest BCUT2D eigenvalue weighted by atomic mass is 9.93. The van der Waals surface area contributed by atoms with Crippen LogP contribution in [0, 0.1) is 17.8 Å². The van der Waals surface area contributed by atoms with E-state index in [-0.39, 0.29) is 53.8 Å². The zero-order valence-corrected chi connectivity index (χ0v) is 34.6. The summed E-state index contributed by atoms with van der Waals surface area (Å²) in [4.78, 5) is 74.1. The van der Waals surface area contributed by atoms with Crippen molar-refractivity contribution in [3.8, 4) is 0 Å². The molecule has 54 heavy (non-hydrogen) atoms. The molecule has 2 aromatic rings. The van der Waals surface area contributed by atoms with Gasteiger partial charge in [-0.05, 0) is 69.5 Å². The van der Waals surface area contributed by atoms with Crippen LogP contribution >= 0.6 is 11.3 Å². The summed E-state index contributed by atoms with van der Waals surface area (Å²) in [5, 5.41) is 8.17. The van der Waals surface area contributed by atoms with Crippen molar-refractivity contribution < 1.29 is 33.4 Å². The zero-order chi connectivity index (χ0) is 39.9. The molecule has 1 aliphatic rings. The molecule has 0 bridgehead atoms. The number of ether oxygens (including phenoxy) is 2. The zero-order valence-electron chi connectivity index (χ0n) is 33.8. The van der Waals surface area contributed by atoms with E-state index in [9.17, 15) is 24.0 Å². The van der Waals surface area contributed by atoms with Gasteiger partial charge in [-0.3, -0.25) is 24.0 Å². The monoisotopic (exact) mass is 769 g/mol. The minimum absolute atomic E-state index is 0.0352. The Labute approximate surface area is 326 Å². The standard InChI is InChI=1S/C41H63N5O7S/c1-10-27(4)37(44-36(48)20-14-18-32-19-15-21-45(32)7)40(50)46(8)34(26(2)3)24-35(53-29(6)47)39-43-33(25-54-39)38(49)42-31(22-28(5)41(51)52-9)23-30-16-12-11-13-17-30/h11-13,16-17,25-28,31-32,34-35,37H,10,14-15,18-24H2,1-9H3,(H,42,49)(H,44,48)/t27-,28-,31+,32?,34+,35+,37-/m0/s1. The van der Waals surface area contributed by atoms with Gasteiger partial charge < -0.3 is 29.9 Å². The van der Waals surface area contributed by atoms with Crippen molar-refractivity contribution in [3.63, 3.8) is 0 Å². The number of nitrogens with one attached hydrogen (secondary N) is 2. The number of amides is 3. The first-order chi connectivity index (χ1) is 25.6. The average Bonchev–Trinajstić information content (AvgIpc) is 3.80. The highest BCUT2D eigenvalue weighted by atomic mass is 32.1. The summed E-state index contributed by atoms with van der Waals surface area (Å²) in [6.45, 7) is 12.2. The molecule has 1 aromatic carbocycles. The lowest BCUT2D eigenvalue weighted by molar-refractivity contribution is -0.149. The summed E-state index contributed by atoms with van der Waals surface area (Å²) >= 11 is 1.21. The fourth-order valence-corrected chi connectivity index (χ4v) is 8.10. The first-order valence-electron chi connectivity index (χ1n) is 19.5. The molecular formula is C41H63N5O7S. The smallest absolute Gasteiger partial charge is 0.308 e. The highest BCUT2D eigenvalue weighted by molar-refractivity contribution is 7.09. The maximum atomic E-state index is 14.2. The van der Waals surface area contributed by atoms with Gasteiger partial charge in [0.2, 0.25) is 11.8 Å². The summed E-state index contributed by atoms with van der Waals surface area (Å²) in [7, 11) is 5.21. The van der Waals surface area contributed by atoms with Gasteiger partial charge in [-0.25, -0.2) is 4.98 Å². The first-order valence-corrected chi connectivity index (χ1v) is 20.3. The Morgan fingerprint density at radius 1 is 1.06 bits per heavy atom. The minimum atomic E-state index is -0.818. The SMILES string of the molecule is CC[C@H](C)[C@H](NC(=O)CCCC1CCCN1C)C(=O)N(C)[C@H](C[C@@H](OC(C)=O)c1nc(C(=O)N[C@@H](Cc2ccccc2)C[C@H](C)C(=O)OC)cs1)C(C)C. The molecule has 1 unspecified atom stereocenters. The molecule has 1 saturated heterocycles. The fourth-order valence-electron chi connectivity index (χ4n) is 7.27. The van der Waals surface area contributed by atoms with Gasteiger partial charge >= 0.3 is 11.9 Å². The van der Waals surface area contributed by atoms with Gasteiger partial charge in [-0.1, -0.05) is 71.4 Å².